The van der Waals surface area contributed by atoms with Crippen LogP contribution in [0.15, 0.2) is 18.2 Å². The number of aryl methyl sites for hydroxylation is 1. The third kappa shape index (κ3) is 3.97. The molecule has 1 atom stereocenters. The molecular weight excluding hydrogens is 217 g/mol. The summed E-state index contributed by atoms with van der Waals surface area (Å²) in [5.74, 6) is -0.565. The fraction of sp³-hybridized carbons (Fsp3) is 0.400. The average molecular weight is 231 g/mol. The summed E-state index contributed by atoms with van der Waals surface area (Å²) in [5.41, 5.74) is 6.92. The van der Waals surface area contributed by atoms with Crippen molar-refractivity contribution in [1.29, 1.82) is 0 Å². The number of rotatable bonds is 3. The number of hydrogen-bond donors (Lipinski definition) is 1. The fourth-order valence-corrected chi connectivity index (χ4v) is 2.25. The van der Waals surface area contributed by atoms with Crippen LogP contribution in [0.2, 0.25) is 0 Å². The smallest absolute Gasteiger partial charge is 0.149 e. The van der Waals surface area contributed by atoms with Crippen molar-refractivity contribution in [3.8, 4) is 0 Å². The number of halogens is 1. The van der Waals surface area contributed by atoms with Crippen molar-refractivity contribution in [3.63, 3.8) is 0 Å². The van der Waals surface area contributed by atoms with Gasteiger partial charge in [-0.1, -0.05) is 6.07 Å². The summed E-state index contributed by atoms with van der Waals surface area (Å²) in [6.45, 7) is 1.74. The van der Waals surface area contributed by atoms with Gasteiger partial charge in [0.2, 0.25) is 0 Å². The van der Waals surface area contributed by atoms with E-state index in [2.05, 4.69) is 0 Å². The second kappa shape index (κ2) is 4.28. The van der Waals surface area contributed by atoms with Crippen LogP contribution < -0.4 is 5.73 Å². The van der Waals surface area contributed by atoms with E-state index >= 15 is 0 Å². The van der Waals surface area contributed by atoms with Gasteiger partial charge in [0, 0.05) is 12.3 Å². The molecule has 1 rings (SSSR count). The van der Waals surface area contributed by atoms with Crippen molar-refractivity contribution in [3.05, 3.63) is 35.1 Å². The van der Waals surface area contributed by atoms with Gasteiger partial charge >= 0.3 is 0 Å². The summed E-state index contributed by atoms with van der Waals surface area (Å²) < 4.78 is 35.0. The van der Waals surface area contributed by atoms with Gasteiger partial charge in [-0.15, -0.1) is 0 Å². The van der Waals surface area contributed by atoms with E-state index in [9.17, 15) is 12.8 Å². The monoisotopic (exact) mass is 231 g/mol. The van der Waals surface area contributed by atoms with Crippen molar-refractivity contribution < 1.29 is 12.8 Å². The van der Waals surface area contributed by atoms with E-state index in [1.165, 1.54) is 12.1 Å². The molecule has 1 unspecified atom stereocenters. The zero-order valence-corrected chi connectivity index (χ0v) is 9.51. The quantitative estimate of drug-likeness (QED) is 0.849. The summed E-state index contributed by atoms with van der Waals surface area (Å²) in [6, 6.07) is 3.66. The molecule has 0 aromatic heterocycles. The van der Waals surface area contributed by atoms with Gasteiger partial charge in [0.25, 0.3) is 0 Å². The van der Waals surface area contributed by atoms with Gasteiger partial charge in [-0.3, -0.25) is 0 Å². The fourth-order valence-electron chi connectivity index (χ4n) is 1.40. The Morgan fingerprint density at radius 1 is 1.40 bits per heavy atom. The summed E-state index contributed by atoms with van der Waals surface area (Å²) in [5, 5.41) is 0. The predicted octanol–water partition coefficient (Wildman–Crippen LogP) is 1.18. The van der Waals surface area contributed by atoms with Crippen molar-refractivity contribution in [2.24, 2.45) is 5.73 Å². The zero-order valence-electron chi connectivity index (χ0n) is 8.70. The summed E-state index contributed by atoms with van der Waals surface area (Å²) in [6.07, 6.45) is 1.11. The van der Waals surface area contributed by atoms with Crippen LogP contribution in [0.5, 0.6) is 0 Å². The summed E-state index contributed by atoms with van der Waals surface area (Å²) in [4.78, 5) is 0. The standard InChI is InChI=1S/C10H14FNO2S/c1-7-3-8(5-9(11)4-7)10(12)6-15(2,13)14/h3-5,10H,6,12H2,1-2H3. The van der Waals surface area contributed by atoms with Crippen LogP contribution in [-0.2, 0) is 9.84 Å². The maximum absolute atomic E-state index is 13.0. The Labute approximate surface area is 89.0 Å². The first-order valence-corrected chi connectivity index (χ1v) is 6.54. The first kappa shape index (κ1) is 12.1. The average Bonchev–Trinajstić information content (AvgIpc) is 1.98. The normalized spacial score (nSPS) is 13.9. The minimum Gasteiger partial charge on any atom is -0.323 e. The van der Waals surface area contributed by atoms with Crippen LogP contribution in [0.4, 0.5) is 4.39 Å². The van der Waals surface area contributed by atoms with Crippen LogP contribution in [0, 0.1) is 12.7 Å². The number of sulfone groups is 1. The Morgan fingerprint density at radius 3 is 2.47 bits per heavy atom. The van der Waals surface area contributed by atoms with Crippen molar-refractivity contribution in [2.75, 3.05) is 12.0 Å². The molecule has 0 heterocycles. The Bertz CT molecular complexity index is 436. The van der Waals surface area contributed by atoms with Crippen molar-refractivity contribution in [2.45, 2.75) is 13.0 Å². The Morgan fingerprint density at radius 2 is 2.00 bits per heavy atom. The van der Waals surface area contributed by atoms with E-state index in [0.717, 1.165) is 11.8 Å². The first-order chi connectivity index (χ1) is 6.78. The molecule has 5 heteroatoms. The van der Waals surface area contributed by atoms with Gasteiger partial charge in [0.15, 0.2) is 0 Å². The molecule has 2 N–H and O–H groups in total. The molecule has 0 spiro atoms. The third-order valence-electron chi connectivity index (χ3n) is 1.97. The minimum atomic E-state index is -3.14. The Kier molecular flexibility index (Phi) is 3.46. The van der Waals surface area contributed by atoms with E-state index < -0.39 is 21.7 Å². The Hall–Kier alpha value is -0.940. The number of hydrogen-bond acceptors (Lipinski definition) is 3. The molecule has 0 fully saturated rings. The minimum absolute atomic E-state index is 0.171. The van der Waals surface area contributed by atoms with Crippen molar-refractivity contribution in [1.82, 2.24) is 0 Å². The largest absolute Gasteiger partial charge is 0.323 e. The molecule has 0 bridgehead atoms. The van der Waals surface area contributed by atoms with Gasteiger partial charge in [-0.2, -0.15) is 0 Å². The molecule has 15 heavy (non-hydrogen) atoms. The maximum Gasteiger partial charge on any atom is 0.149 e. The third-order valence-corrected chi connectivity index (χ3v) is 2.94. The van der Waals surface area contributed by atoms with Gasteiger partial charge < -0.3 is 5.73 Å². The highest BCUT2D eigenvalue weighted by atomic mass is 32.2. The second-order valence-corrected chi connectivity index (χ2v) is 5.95. The molecule has 0 aliphatic carbocycles. The van der Waals surface area contributed by atoms with E-state index in [0.29, 0.717) is 5.56 Å². The van der Waals surface area contributed by atoms with Gasteiger partial charge in [0.1, 0.15) is 15.7 Å². The maximum atomic E-state index is 13.0. The first-order valence-electron chi connectivity index (χ1n) is 4.48. The molecular formula is C10H14FNO2S. The molecule has 1 aromatic carbocycles. The van der Waals surface area contributed by atoms with Crippen LogP contribution in [0.25, 0.3) is 0 Å². The molecule has 0 saturated heterocycles. The lowest BCUT2D eigenvalue weighted by Crippen LogP contribution is -2.21. The lowest BCUT2D eigenvalue weighted by molar-refractivity contribution is 0.592. The summed E-state index contributed by atoms with van der Waals surface area (Å²) >= 11 is 0. The molecule has 0 radical (unpaired) electrons. The number of benzene rings is 1. The molecule has 0 amide bonds. The van der Waals surface area contributed by atoms with E-state index in [4.69, 9.17) is 5.73 Å². The molecule has 0 aliphatic heterocycles. The van der Waals surface area contributed by atoms with Crippen LogP contribution in [0.1, 0.15) is 17.2 Å². The van der Waals surface area contributed by atoms with E-state index in [-0.39, 0.29) is 5.75 Å². The van der Waals surface area contributed by atoms with Crippen LogP contribution in [-0.4, -0.2) is 20.4 Å². The second-order valence-electron chi connectivity index (χ2n) is 3.76. The van der Waals surface area contributed by atoms with Crippen molar-refractivity contribution >= 4 is 9.84 Å². The molecule has 1 aromatic rings. The number of nitrogens with two attached hydrogens (primary N) is 1. The lowest BCUT2D eigenvalue weighted by Gasteiger charge is -2.11. The molecule has 0 saturated carbocycles. The highest BCUT2D eigenvalue weighted by molar-refractivity contribution is 7.90. The lowest BCUT2D eigenvalue weighted by atomic mass is 10.1. The zero-order chi connectivity index (χ0) is 11.6. The molecule has 0 aliphatic rings. The summed E-state index contributed by atoms with van der Waals surface area (Å²) in [7, 11) is -3.14. The van der Waals surface area contributed by atoms with E-state index in [1.54, 1.807) is 13.0 Å². The highest BCUT2D eigenvalue weighted by Crippen LogP contribution is 2.15. The predicted molar refractivity (Wildman–Crippen MR) is 57.8 cm³/mol. The van der Waals surface area contributed by atoms with Gasteiger partial charge in [-0.05, 0) is 30.2 Å². The molecule has 3 nitrogen and oxygen atoms in total. The van der Waals surface area contributed by atoms with Crippen LogP contribution >= 0.6 is 0 Å². The SMILES string of the molecule is Cc1cc(F)cc(C(N)CS(C)(=O)=O)c1. The Balaban J connectivity index is 2.96. The highest BCUT2D eigenvalue weighted by Gasteiger charge is 2.13. The van der Waals surface area contributed by atoms with Crippen LogP contribution in [0.3, 0.4) is 0 Å². The van der Waals surface area contributed by atoms with E-state index in [1.807, 2.05) is 0 Å². The topological polar surface area (TPSA) is 60.2 Å². The van der Waals surface area contributed by atoms with Gasteiger partial charge in [0.05, 0.1) is 5.75 Å². The van der Waals surface area contributed by atoms with Gasteiger partial charge in [-0.25, -0.2) is 12.8 Å². The molecule has 84 valence electrons.